The molecule has 0 saturated heterocycles. The lowest BCUT2D eigenvalue weighted by atomic mass is 9.94. The van der Waals surface area contributed by atoms with Crippen LogP contribution in [0.15, 0.2) is 0 Å². The van der Waals surface area contributed by atoms with E-state index in [9.17, 15) is 9.59 Å². The molecule has 0 unspecified atom stereocenters. The van der Waals surface area contributed by atoms with Gasteiger partial charge < -0.3 is 27.2 Å². The second-order valence-electron chi connectivity index (χ2n) is 6.66. The SMILES string of the molecule is CC(C)C[C@H](CN)CC(=O)O.CC(C)C[C@H](CN)CC(=O)O.O. The number of aliphatic carboxylic acids is 2. The van der Waals surface area contributed by atoms with Crippen LogP contribution in [-0.4, -0.2) is 40.7 Å². The van der Waals surface area contributed by atoms with Crippen LogP contribution < -0.4 is 11.5 Å². The highest BCUT2D eigenvalue weighted by molar-refractivity contribution is 5.67. The van der Waals surface area contributed by atoms with Gasteiger partial charge >= 0.3 is 11.9 Å². The highest BCUT2D eigenvalue weighted by atomic mass is 16.4. The highest BCUT2D eigenvalue weighted by Gasteiger charge is 2.13. The van der Waals surface area contributed by atoms with Crippen LogP contribution in [0.3, 0.4) is 0 Å². The van der Waals surface area contributed by atoms with Gasteiger partial charge in [-0.25, -0.2) is 0 Å². The van der Waals surface area contributed by atoms with Crippen LogP contribution in [0.5, 0.6) is 0 Å². The van der Waals surface area contributed by atoms with E-state index in [0.717, 1.165) is 12.8 Å². The fourth-order valence-electron chi connectivity index (χ4n) is 2.35. The summed E-state index contributed by atoms with van der Waals surface area (Å²) >= 11 is 0. The Hall–Kier alpha value is -1.18. The van der Waals surface area contributed by atoms with Crippen molar-refractivity contribution in [3.8, 4) is 0 Å². The molecule has 7 nitrogen and oxygen atoms in total. The van der Waals surface area contributed by atoms with Gasteiger partial charge in [0.2, 0.25) is 0 Å². The predicted octanol–water partition coefficient (Wildman–Crippen LogP) is 1.34. The molecule has 2 atom stereocenters. The van der Waals surface area contributed by atoms with Crippen molar-refractivity contribution in [3.63, 3.8) is 0 Å². The van der Waals surface area contributed by atoms with Crippen molar-refractivity contribution < 1.29 is 25.3 Å². The molecule has 0 bridgehead atoms. The van der Waals surface area contributed by atoms with Gasteiger partial charge in [-0.2, -0.15) is 0 Å². The normalized spacial score (nSPS) is 12.9. The molecule has 0 rings (SSSR count). The van der Waals surface area contributed by atoms with Crippen LogP contribution in [0.1, 0.15) is 53.4 Å². The molecule has 0 aliphatic heterocycles. The van der Waals surface area contributed by atoms with E-state index in [-0.39, 0.29) is 30.2 Å². The quantitative estimate of drug-likeness (QED) is 0.471. The topological polar surface area (TPSA) is 158 Å². The van der Waals surface area contributed by atoms with E-state index in [4.69, 9.17) is 21.7 Å². The minimum absolute atomic E-state index is 0. The summed E-state index contributed by atoms with van der Waals surface area (Å²) in [5.41, 5.74) is 10.8. The van der Waals surface area contributed by atoms with E-state index < -0.39 is 11.9 Å². The monoisotopic (exact) mass is 336 g/mol. The first kappa shape index (κ1) is 26.7. The molecular formula is C16H36N2O5. The van der Waals surface area contributed by atoms with Crippen molar-refractivity contribution >= 4 is 11.9 Å². The minimum Gasteiger partial charge on any atom is -0.481 e. The fraction of sp³-hybridized carbons (Fsp3) is 0.875. The first-order chi connectivity index (χ1) is 10.1. The molecule has 0 aromatic rings. The molecule has 7 heteroatoms. The molecule has 0 radical (unpaired) electrons. The van der Waals surface area contributed by atoms with E-state index in [1.165, 1.54) is 0 Å². The van der Waals surface area contributed by atoms with Gasteiger partial charge in [0.25, 0.3) is 0 Å². The molecule has 0 fully saturated rings. The fourth-order valence-corrected chi connectivity index (χ4v) is 2.35. The molecule has 0 heterocycles. The van der Waals surface area contributed by atoms with Crippen LogP contribution in [0.2, 0.25) is 0 Å². The lowest BCUT2D eigenvalue weighted by Crippen LogP contribution is -2.19. The Morgan fingerprint density at radius 1 is 0.783 bits per heavy atom. The number of hydrogen-bond donors (Lipinski definition) is 4. The van der Waals surface area contributed by atoms with Crippen molar-refractivity contribution in [1.82, 2.24) is 0 Å². The number of hydrogen-bond acceptors (Lipinski definition) is 4. The van der Waals surface area contributed by atoms with E-state index in [2.05, 4.69) is 27.7 Å². The third-order valence-electron chi connectivity index (χ3n) is 3.20. The zero-order valence-corrected chi connectivity index (χ0v) is 14.9. The van der Waals surface area contributed by atoms with E-state index in [1.54, 1.807) is 0 Å². The largest absolute Gasteiger partial charge is 0.481 e. The molecule has 0 spiro atoms. The summed E-state index contributed by atoms with van der Waals surface area (Å²) < 4.78 is 0. The summed E-state index contributed by atoms with van der Waals surface area (Å²) in [6, 6.07) is 0. The van der Waals surface area contributed by atoms with Gasteiger partial charge in [-0.05, 0) is 49.6 Å². The number of carboxylic acids is 2. The van der Waals surface area contributed by atoms with E-state index in [1.807, 2.05) is 0 Å². The maximum Gasteiger partial charge on any atom is 0.303 e. The smallest absolute Gasteiger partial charge is 0.303 e. The summed E-state index contributed by atoms with van der Waals surface area (Å²) in [4.78, 5) is 20.6. The van der Waals surface area contributed by atoms with Crippen molar-refractivity contribution in [1.29, 1.82) is 0 Å². The summed E-state index contributed by atoms with van der Waals surface area (Å²) in [7, 11) is 0. The van der Waals surface area contributed by atoms with Crippen LogP contribution in [0.25, 0.3) is 0 Å². The Balaban J connectivity index is -0.000000333. The van der Waals surface area contributed by atoms with Crippen molar-refractivity contribution in [2.45, 2.75) is 53.4 Å². The molecule has 0 aromatic carbocycles. The Bertz CT molecular complexity index is 279. The lowest BCUT2D eigenvalue weighted by molar-refractivity contribution is -0.139. The second-order valence-corrected chi connectivity index (χ2v) is 6.66. The molecule has 0 aromatic heterocycles. The molecule has 23 heavy (non-hydrogen) atoms. The van der Waals surface area contributed by atoms with Gasteiger partial charge in [0, 0.05) is 12.8 Å². The Morgan fingerprint density at radius 2 is 1.04 bits per heavy atom. The molecule has 140 valence electrons. The van der Waals surface area contributed by atoms with Gasteiger partial charge in [-0.1, -0.05) is 27.7 Å². The van der Waals surface area contributed by atoms with Gasteiger partial charge in [-0.15, -0.1) is 0 Å². The zero-order valence-electron chi connectivity index (χ0n) is 14.9. The van der Waals surface area contributed by atoms with Crippen LogP contribution in [0, 0.1) is 23.7 Å². The highest BCUT2D eigenvalue weighted by Crippen LogP contribution is 2.14. The first-order valence-electron chi connectivity index (χ1n) is 7.95. The summed E-state index contributed by atoms with van der Waals surface area (Å²) in [6.07, 6.45) is 2.22. The van der Waals surface area contributed by atoms with Crippen LogP contribution >= 0.6 is 0 Å². The molecule has 0 amide bonds. The Labute approximate surface area is 139 Å². The predicted molar refractivity (Wildman–Crippen MR) is 92.1 cm³/mol. The maximum absolute atomic E-state index is 10.3. The van der Waals surface area contributed by atoms with Crippen LogP contribution in [-0.2, 0) is 9.59 Å². The van der Waals surface area contributed by atoms with Gasteiger partial charge in [0.05, 0.1) is 0 Å². The van der Waals surface area contributed by atoms with E-state index >= 15 is 0 Å². The average Bonchev–Trinajstić information content (AvgIpc) is 2.35. The maximum atomic E-state index is 10.3. The Kier molecular flexibility index (Phi) is 18.2. The van der Waals surface area contributed by atoms with Crippen molar-refractivity contribution in [2.75, 3.05) is 13.1 Å². The molecular weight excluding hydrogens is 300 g/mol. The van der Waals surface area contributed by atoms with Gasteiger partial charge in [0.1, 0.15) is 0 Å². The Morgan fingerprint density at radius 3 is 1.17 bits per heavy atom. The molecule has 0 aliphatic carbocycles. The summed E-state index contributed by atoms with van der Waals surface area (Å²) in [5, 5.41) is 16.9. The third-order valence-corrected chi connectivity index (χ3v) is 3.20. The van der Waals surface area contributed by atoms with Gasteiger partial charge in [-0.3, -0.25) is 9.59 Å². The number of rotatable bonds is 10. The first-order valence-corrected chi connectivity index (χ1v) is 7.95. The second kappa shape index (κ2) is 15.7. The third kappa shape index (κ3) is 20.8. The molecule has 0 saturated carbocycles. The minimum atomic E-state index is -0.749. The number of nitrogens with two attached hydrogens (primary N) is 2. The molecule has 0 aliphatic rings. The number of carboxylic acid groups (broad SMARTS) is 2. The van der Waals surface area contributed by atoms with E-state index in [0.29, 0.717) is 24.9 Å². The summed E-state index contributed by atoms with van der Waals surface area (Å²) in [6.45, 7) is 9.25. The van der Waals surface area contributed by atoms with Crippen molar-refractivity contribution in [2.24, 2.45) is 35.1 Å². The molecule has 8 N–H and O–H groups in total. The number of carbonyl (C=O) groups is 2. The average molecular weight is 336 g/mol. The standard InChI is InChI=1S/2C8H17NO2.H2O/c2*1-6(2)3-7(5-9)4-8(10)11;/h2*6-7H,3-5,9H2,1-2H3,(H,10,11);1H2/t2*7-;/m00./s1. The lowest BCUT2D eigenvalue weighted by Gasteiger charge is -2.13. The van der Waals surface area contributed by atoms with Crippen LogP contribution in [0.4, 0.5) is 0 Å². The zero-order chi connectivity index (χ0) is 17.7. The summed E-state index contributed by atoms with van der Waals surface area (Å²) in [5.74, 6) is -0.145. The van der Waals surface area contributed by atoms with Gasteiger partial charge in [0.15, 0.2) is 0 Å². The van der Waals surface area contributed by atoms with Crippen molar-refractivity contribution in [3.05, 3.63) is 0 Å².